The lowest BCUT2D eigenvalue weighted by Crippen LogP contribution is -2.24. The van der Waals surface area contributed by atoms with Crippen molar-refractivity contribution < 1.29 is 0 Å². The summed E-state index contributed by atoms with van der Waals surface area (Å²) >= 11 is 3.51. The van der Waals surface area contributed by atoms with Crippen molar-refractivity contribution in [2.45, 2.75) is 26.3 Å². The third kappa shape index (κ3) is 4.11. The molecule has 0 bridgehead atoms. The van der Waals surface area contributed by atoms with Gasteiger partial charge < -0.3 is 5.32 Å². The molecule has 1 unspecified atom stereocenters. The van der Waals surface area contributed by atoms with Crippen molar-refractivity contribution in [3.05, 3.63) is 58.1 Å². The lowest BCUT2D eigenvalue weighted by atomic mass is 10.0. The Balaban J connectivity index is 2.18. The summed E-state index contributed by atoms with van der Waals surface area (Å²) in [6.07, 6.45) is 4.59. The highest BCUT2D eigenvalue weighted by Crippen LogP contribution is 2.19. The largest absolute Gasteiger partial charge is 0.309 e. The van der Waals surface area contributed by atoms with Gasteiger partial charge in [-0.1, -0.05) is 35.0 Å². The standard InChI is InChI=1S/C15H18BrN3/c1-3-17-14(15-10-18-11(2)9-19-15)8-12-5-4-6-13(16)7-12/h4-7,9-10,14,17H,3,8H2,1-2H3. The van der Waals surface area contributed by atoms with E-state index < -0.39 is 0 Å². The predicted molar refractivity (Wildman–Crippen MR) is 81.0 cm³/mol. The molecule has 0 amide bonds. The van der Waals surface area contributed by atoms with Gasteiger partial charge in [-0.2, -0.15) is 0 Å². The fourth-order valence-electron chi connectivity index (χ4n) is 2.01. The van der Waals surface area contributed by atoms with Crippen molar-refractivity contribution in [1.82, 2.24) is 15.3 Å². The molecule has 1 aromatic carbocycles. The van der Waals surface area contributed by atoms with E-state index in [0.717, 1.165) is 28.8 Å². The second-order valence-electron chi connectivity index (χ2n) is 4.53. The summed E-state index contributed by atoms with van der Waals surface area (Å²) < 4.78 is 1.11. The number of hydrogen-bond donors (Lipinski definition) is 1. The Bertz CT molecular complexity index is 525. The summed E-state index contributed by atoms with van der Waals surface area (Å²) in [6.45, 7) is 4.97. The molecule has 0 saturated carbocycles. The zero-order valence-corrected chi connectivity index (χ0v) is 12.8. The summed E-state index contributed by atoms with van der Waals surface area (Å²) in [6, 6.07) is 8.58. The average molecular weight is 320 g/mol. The van der Waals surface area contributed by atoms with Crippen molar-refractivity contribution >= 4 is 15.9 Å². The Hall–Kier alpha value is -1.26. The van der Waals surface area contributed by atoms with Gasteiger partial charge in [0.25, 0.3) is 0 Å². The number of benzene rings is 1. The van der Waals surface area contributed by atoms with Gasteiger partial charge in [0.1, 0.15) is 0 Å². The van der Waals surface area contributed by atoms with Gasteiger partial charge in [-0.15, -0.1) is 0 Å². The van der Waals surface area contributed by atoms with E-state index in [1.807, 2.05) is 25.4 Å². The van der Waals surface area contributed by atoms with Crippen LogP contribution in [-0.2, 0) is 6.42 Å². The van der Waals surface area contributed by atoms with E-state index in [2.05, 4.69) is 56.3 Å². The molecule has 0 fully saturated rings. The number of aromatic nitrogens is 2. The van der Waals surface area contributed by atoms with Gasteiger partial charge in [0.2, 0.25) is 0 Å². The van der Waals surface area contributed by atoms with E-state index in [0.29, 0.717) is 0 Å². The summed E-state index contributed by atoms with van der Waals surface area (Å²) in [5.41, 5.74) is 3.22. The first-order valence-corrected chi connectivity index (χ1v) is 7.24. The monoisotopic (exact) mass is 319 g/mol. The molecule has 1 atom stereocenters. The van der Waals surface area contributed by atoms with E-state index in [9.17, 15) is 0 Å². The smallest absolute Gasteiger partial charge is 0.0759 e. The van der Waals surface area contributed by atoms with Crippen LogP contribution in [0.2, 0.25) is 0 Å². The summed E-state index contributed by atoms with van der Waals surface area (Å²) in [5.74, 6) is 0. The number of rotatable bonds is 5. The van der Waals surface area contributed by atoms with E-state index in [-0.39, 0.29) is 6.04 Å². The fourth-order valence-corrected chi connectivity index (χ4v) is 2.46. The molecular formula is C15H18BrN3. The number of halogens is 1. The second-order valence-corrected chi connectivity index (χ2v) is 5.44. The first-order chi connectivity index (χ1) is 9.19. The number of aryl methyl sites for hydroxylation is 1. The van der Waals surface area contributed by atoms with E-state index >= 15 is 0 Å². The third-order valence-electron chi connectivity index (χ3n) is 2.94. The Morgan fingerprint density at radius 3 is 2.74 bits per heavy atom. The van der Waals surface area contributed by atoms with Crippen molar-refractivity contribution in [2.24, 2.45) is 0 Å². The molecule has 0 aliphatic heterocycles. The minimum Gasteiger partial charge on any atom is -0.309 e. The molecule has 0 radical (unpaired) electrons. The Kier molecular flexibility index (Phi) is 5.05. The van der Waals surface area contributed by atoms with Gasteiger partial charge in [0.05, 0.1) is 23.6 Å². The molecule has 19 heavy (non-hydrogen) atoms. The third-order valence-corrected chi connectivity index (χ3v) is 3.43. The molecule has 0 aliphatic rings. The van der Waals surface area contributed by atoms with E-state index in [1.165, 1.54) is 5.56 Å². The van der Waals surface area contributed by atoms with Gasteiger partial charge in [-0.3, -0.25) is 9.97 Å². The number of nitrogens with one attached hydrogen (secondary N) is 1. The van der Waals surface area contributed by atoms with Gasteiger partial charge in [0.15, 0.2) is 0 Å². The molecule has 0 aliphatic carbocycles. The number of nitrogens with zero attached hydrogens (tertiary/aromatic N) is 2. The zero-order valence-electron chi connectivity index (χ0n) is 11.2. The van der Waals surface area contributed by atoms with Crippen LogP contribution in [0.15, 0.2) is 41.1 Å². The van der Waals surface area contributed by atoms with Crippen molar-refractivity contribution in [3.63, 3.8) is 0 Å². The maximum Gasteiger partial charge on any atom is 0.0759 e. The average Bonchev–Trinajstić information content (AvgIpc) is 2.39. The Labute approximate surface area is 122 Å². The Morgan fingerprint density at radius 1 is 1.26 bits per heavy atom. The first kappa shape index (κ1) is 14.2. The highest BCUT2D eigenvalue weighted by atomic mass is 79.9. The highest BCUT2D eigenvalue weighted by molar-refractivity contribution is 9.10. The van der Waals surface area contributed by atoms with Crippen molar-refractivity contribution in [2.75, 3.05) is 6.54 Å². The molecule has 0 saturated heterocycles. The number of hydrogen-bond acceptors (Lipinski definition) is 3. The summed E-state index contributed by atoms with van der Waals surface area (Å²) in [4.78, 5) is 8.81. The highest BCUT2D eigenvalue weighted by Gasteiger charge is 2.13. The molecule has 1 heterocycles. The van der Waals surface area contributed by atoms with Crippen LogP contribution in [0.5, 0.6) is 0 Å². The molecule has 1 aromatic heterocycles. The van der Waals surface area contributed by atoms with Crippen LogP contribution < -0.4 is 5.32 Å². The van der Waals surface area contributed by atoms with Crippen LogP contribution in [0.1, 0.15) is 29.9 Å². The van der Waals surface area contributed by atoms with Gasteiger partial charge in [-0.05, 0) is 37.6 Å². The van der Waals surface area contributed by atoms with Crippen LogP contribution >= 0.6 is 15.9 Å². The van der Waals surface area contributed by atoms with E-state index in [4.69, 9.17) is 0 Å². The van der Waals surface area contributed by atoms with Gasteiger partial charge in [-0.25, -0.2) is 0 Å². The molecule has 1 N–H and O–H groups in total. The predicted octanol–water partition coefficient (Wildman–Crippen LogP) is 3.44. The SMILES string of the molecule is CCNC(Cc1cccc(Br)c1)c1cnc(C)cn1. The normalized spacial score (nSPS) is 12.4. The molecule has 2 rings (SSSR count). The van der Waals surface area contributed by atoms with Crippen LogP contribution in [0.25, 0.3) is 0 Å². The summed E-state index contributed by atoms with van der Waals surface area (Å²) in [7, 11) is 0. The zero-order chi connectivity index (χ0) is 13.7. The maximum absolute atomic E-state index is 4.48. The van der Waals surface area contributed by atoms with Gasteiger partial charge >= 0.3 is 0 Å². The molecule has 100 valence electrons. The minimum absolute atomic E-state index is 0.201. The first-order valence-electron chi connectivity index (χ1n) is 6.45. The minimum atomic E-state index is 0.201. The summed E-state index contributed by atoms with van der Waals surface area (Å²) in [5, 5.41) is 3.47. The molecular weight excluding hydrogens is 302 g/mol. The molecule has 0 spiro atoms. The molecule has 4 heteroatoms. The lowest BCUT2D eigenvalue weighted by Gasteiger charge is -2.17. The fraction of sp³-hybridized carbons (Fsp3) is 0.333. The van der Waals surface area contributed by atoms with Crippen LogP contribution in [0, 0.1) is 6.92 Å². The van der Waals surface area contributed by atoms with Gasteiger partial charge in [0, 0.05) is 10.7 Å². The lowest BCUT2D eigenvalue weighted by molar-refractivity contribution is 0.534. The van der Waals surface area contributed by atoms with Crippen molar-refractivity contribution in [3.8, 4) is 0 Å². The topological polar surface area (TPSA) is 37.8 Å². The van der Waals surface area contributed by atoms with Crippen molar-refractivity contribution in [1.29, 1.82) is 0 Å². The van der Waals surface area contributed by atoms with E-state index in [1.54, 1.807) is 0 Å². The molecule has 3 nitrogen and oxygen atoms in total. The number of likely N-dealkylation sites (N-methyl/N-ethyl adjacent to an activating group) is 1. The van der Waals surface area contributed by atoms with Crippen LogP contribution in [0.4, 0.5) is 0 Å². The molecule has 2 aromatic rings. The van der Waals surface area contributed by atoms with Crippen LogP contribution in [-0.4, -0.2) is 16.5 Å². The Morgan fingerprint density at radius 2 is 2.11 bits per heavy atom. The maximum atomic E-state index is 4.48. The quantitative estimate of drug-likeness (QED) is 0.917. The van der Waals surface area contributed by atoms with Crippen LogP contribution in [0.3, 0.4) is 0 Å². The second kappa shape index (κ2) is 6.78.